The molecule has 0 radical (unpaired) electrons. The third-order valence-electron chi connectivity index (χ3n) is 8.55. The molecule has 6 atom stereocenters. The lowest BCUT2D eigenvalue weighted by atomic mass is 9.47. The molecule has 0 spiro atoms. The van der Waals surface area contributed by atoms with Crippen molar-refractivity contribution < 1.29 is 9.94 Å². The number of fused-ring (bicyclic) bond motifs is 5. The number of oxime groups is 1. The van der Waals surface area contributed by atoms with Crippen LogP contribution in [0.25, 0.3) is 0 Å². The van der Waals surface area contributed by atoms with Crippen LogP contribution in [0.1, 0.15) is 71.6 Å². The Hall–Kier alpha value is -0.870. The third kappa shape index (κ3) is 2.84. The van der Waals surface area contributed by atoms with Crippen LogP contribution in [0, 0.1) is 28.6 Å². The molecule has 0 amide bonds. The van der Waals surface area contributed by atoms with E-state index < -0.39 is 0 Å². The SMILES string of the molecule is C[C@]12CC/C(=N\OCCCN)C=C1CCC1C2CC[C@@]2(C)C1CC[C@@H]2O. The van der Waals surface area contributed by atoms with E-state index in [-0.39, 0.29) is 11.5 Å². The van der Waals surface area contributed by atoms with Crippen molar-refractivity contribution in [3.63, 3.8) is 0 Å². The molecule has 4 heteroatoms. The van der Waals surface area contributed by atoms with E-state index >= 15 is 0 Å². The molecule has 0 saturated heterocycles. The van der Waals surface area contributed by atoms with Gasteiger partial charge in [-0.25, -0.2) is 0 Å². The first-order valence-electron chi connectivity index (χ1n) is 10.8. The van der Waals surface area contributed by atoms with Gasteiger partial charge in [-0.2, -0.15) is 0 Å². The van der Waals surface area contributed by atoms with Crippen LogP contribution in [0.5, 0.6) is 0 Å². The zero-order valence-electron chi connectivity index (χ0n) is 16.5. The Morgan fingerprint density at radius 2 is 2.00 bits per heavy atom. The van der Waals surface area contributed by atoms with Crippen molar-refractivity contribution in [2.75, 3.05) is 13.2 Å². The van der Waals surface area contributed by atoms with Gasteiger partial charge in [-0.1, -0.05) is 24.6 Å². The summed E-state index contributed by atoms with van der Waals surface area (Å²) >= 11 is 0. The maximum atomic E-state index is 10.6. The van der Waals surface area contributed by atoms with Gasteiger partial charge in [0, 0.05) is 0 Å². The molecule has 0 aromatic rings. The molecule has 3 saturated carbocycles. The number of hydrogen-bond acceptors (Lipinski definition) is 4. The topological polar surface area (TPSA) is 67.8 Å². The number of rotatable bonds is 4. The fourth-order valence-electron chi connectivity index (χ4n) is 6.89. The molecule has 26 heavy (non-hydrogen) atoms. The summed E-state index contributed by atoms with van der Waals surface area (Å²) < 4.78 is 0. The van der Waals surface area contributed by atoms with Crippen molar-refractivity contribution in [1.82, 2.24) is 0 Å². The number of hydrogen-bond donors (Lipinski definition) is 2. The maximum absolute atomic E-state index is 10.6. The van der Waals surface area contributed by atoms with Gasteiger partial charge in [-0.3, -0.25) is 0 Å². The van der Waals surface area contributed by atoms with E-state index in [4.69, 9.17) is 10.6 Å². The fraction of sp³-hybridized carbons (Fsp3) is 0.864. The fourth-order valence-corrected chi connectivity index (χ4v) is 6.89. The van der Waals surface area contributed by atoms with Crippen molar-refractivity contribution in [1.29, 1.82) is 0 Å². The van der Waals surface area contributed by atoms with Crippen LogP contribution < -0.4 is 5.73 Å². The van der Waals surface area contributed by atoms with Gasteiger partial charge in [0.1, 0.15) is 6.61 Å². The highest BCUT2D eigenvalue weighted by Crippen LogP contribution is 2.65. The van der Waals surface area contributed by atoms with Crippen molar-refractivity contribution in [3.05, 3.63) is 11.6 Å². The standard InChI is InChI=1S/C22H36N2O2/c1-21-10-8-16(24-26-13-3-12-23)14-15(21)4-5-17-18-6-7-20(25)22(18,2)11-9-19(17)21/h14,17-20,25H,3-13,23H2,1-2H3/b24-16+/t17?,18?,19?,20-,21-,22-/m0/s1. The Kier molecular flexibility index (Phi) is 4.94. The predicted molar refractivity (Wildman–Crippen MR) is 105 cm³/mol. The molecule has 0 aromatic heterocycles. The quantitative estimate of drug-likeness (QED) is 0.587. The summed E-state index contributed by atoms with van der Waals surface area (Å²) in [6.45, 7) is 6.15. The van der Waals surface area contributed by atoms with Gasteiger partial charge in [-0.05, 0) is 99.0 Å². The molecule has 0 bridgehead atoms. The lowest BCUT2D eigenvalue weighted by Gasteiger charge is -2.57. The minimum Gasteiger partial charge on any atom is -0.396 e. The zero-order valence-corrected chi connectivity index (χ0v) is 16.5. The van der Waals surface area contributed by atoms with Crippen LogP contribution in [0.2, 0.25) is 0 Å². The summed E-state index contributed by atoms with van der Waals surface area (Å²) in [5.41, 5.74) is 8.74. The Morgan fingerprint density at radius 1 is 1.15 bits per heavy atom. The lowest BCUT2D eigenvalue weighted by molar-refractivity contribution is -0.0722. The first-order valence-corrected chi connectivity index (χ1v) is 10.8. The van der Waals surface area contributed by atoms with Gasteiger partial charge in [0.05, 0.1) is 11.8 Å². The predicted octanol–water partition coefficient (Wildman–Crippen LogP) is 4.03. The van der Waals surface area contributed by atoms with Crippen molar-refractivity contribution in [2.45, 2.75) is 77.7 Å². The summed E-state index contributed by atoms with van der Waals surface area (Å²) in [5, 5.41) is 14.9. The van der Waals surface area contributed by atoms with Crippen LogP contribution >= 0.6 is 0 Å². The van der Waals surface area contributed by atoms with Gasteiger partial charge < -0.3 is 15.7 Å². The monoisotopic (exact) mass is 360 g/mol. The van der Waals surface area contributed by atoms with Crippen molar-refractivity contribution in [3.8, 4) is 0 Å². The van der Waals surface area contributed by atoms with Gasteiger partial charge in [0.15, 0.2) is 0 Å². The minimum absolute atomic E-state index is 0.0750. The average Bonchev–Trinajstić information content (AvgIpc) is 2.94. The molecule has 0 heterocycles. The van der Waals surface area contributed by atoms with E-state index in [0.29, 0.717) is 18.6 Å². The first kappa shape index (κ1) is 18.5. The van der Waals surface area contributed by atoms with E-state index in [0.717, 1.165) is 42.7 Å². The summed E-state index contributed by atoms with van der Waals surface area (Å²) in [4.78, 5) is 5.45. The van der Waals surface area contributed by atoms with Crippen molar-refractivity contribution in [2.24, 2.45) is 39.5 Å². The van der Waals surface area contributed by atoms with Gasteiger partial charge >= 0.3 is 0 Å². The van der Waals surface area contributed by atoms with E-state index in [9.17, 15) is 5.11 Å². The number of aliphatic hydroxyl groups is 1. The highest BCUT2D eigenvalue weighted by Gasteiger charge is 2.58. The largest absolute Gasteiger partial charge is 0.396 e. The van der Waals surface area contributed by atoms with Gasteiger partial charge in [0.2, 0.25) is 0 Å². The Bertz CT molecular complexity index is 601. The lowest BCUT2D eigenvalue weighted by Crippen LogP contribution is -2.51. The molecule has 4 aliphatic carbocycles. The minimum atomic E-state index is -0.0750. The van der Waals surface area contributed by atoms with Gasteiger partial charge in [-0.15, -0.1) is 0 Å². The summed E-state index contributed by atoms with van der Waals surface area (Å²) in [7, 11) is 0. The second kappa shape index (κ2) is 6.94. The molecule has 4 nitrogen and oxygen atoms in total. The molecule has 0 aliphatic heterocycles. The average molecular weight is 361 g/mol. The molecule has 4 rings (SSSR count). The Balaban J connectivity index is 1.52. The van der Waals surface area contributed by atoms with Crippen LogP contribution in [0.3, 0.4) is 0 Å². The summed E-state index contributed by atoms with van der Waals surface area (Å²) in [5.74, 6) is 2.31. The molecular weight excluding hydrogens is 324 g/mol. The first-order chi connectivity index (χ1) is 12.5. The molecular formula is C22H36N2O2. The highest BCUT2D eigenvalue weighted by atomic mass is 16.6. The molecule has 4 aliphatic rings. The van der Waals surface area contributed by atoms with Gasteiger partial charge in [0.25, 0.3) is 0 Å². The zero-order chi connectivity index (χ0) is 18.4. The highest BCUT2D eigenvalue weighted by molar-refractivity contribution is 5.96. The van der Waals surface area contributed by atoms with E-state index in [1.165, 1.54) is 38.5 Å². The van der Waals surface area contributed by atoms with Crippen LogP contribution in [0.15, 0.2) is 16.8 Å². The van der Waals surface area contributed by atoms with Crippen molar-refractivity contribution >= 4 is 5.71 Å². The normalized spacial score (nSPS) is 46.3. The number of nitrogens with two attached hydrogens (primary N) is 1. The molecule has 3 N–H and O–H groups in total. The second-order valence-electron chi connectivity index (χ2n) is 9.70. The number of aliphatic hydroxyl groups excluding tert-OH is 1. The summed E-state index contributed by atoms with van der Waals surface area (Å²) in [6.07, 6.45) is 12.6. The van der Waals surface area contributed by atoms with Crippen LogP contribution in [0.4, 0.5) is 0 Å². The Labute approximate surface area is 158 Å². The third-order valence-corrected chi connectivity index (χ3v) is 8.55. The van der Waals surface area contributed by atoms with E-state index in [1.54, 1.807) is 5.57 Å². The number of allylic oxidation sites excluding steroid dienone is 2. The molecule has 0 aromatic carbocycles. The molecule has 146 valence electrons. The van der Waals surface area contributed by atoms with E-state index in [2.05, 4.69) is 25.1 Å². The van der Waals surface area contributed by atoms with Crippen LogP contribution in [-0.2, 0) is 4.84 Å². The van der Waals surface area contributed by atoms with E-state index in [1.807, 2.05) is 0 Å². The molecule has 3 unspecified atom stereocenters. The van der Waals surface area contributed by atoms with Crippen LogP contribution in [-0.4, -0.2) is 30.1 Å². The second-order valence-corrected chi connectivity index (χ2v) is 9.70. The molecule has 3 fully saturated rings. The smallest absolute Gasteiger partial charge is 0.118 e. The number of nitrogens with zero attached hydrogens (tertiary/aromatic N) is 1. The Morgan fingerprint density at radius 3 is 2.81 bits per heavy atom. The summed E-state index contributed by atoms with van der Waals surface area (Å²) in [6, 6.07) is 0. The maximum Gasteiger partial charge on any atom is 0.118 e.